The normalized spacial score (nSPS) is 16.1. The SMILES string of the molecule is Cc1ccc(Br)cc1C(=O)N1CCC(CN)CC1.Cl. The van der Waals surface area contributed by atoms with Gasteiger partial charge in [-0.1, -0.05) is 22.0 Å². The van der Waals surface area contributed by atoms with Crippen molar-refractivity contribution in [2.24, 2.45) is 11.7 Å². The van der Waals surface area contributed by atoms with Gasteiger partial charge in [-0.15, -0.1) is 12.4 Å². The molecule has 2 rings (SSSR count). The van der Waals surface area contributed by atoms with Gasteiger partial charge in [-0.25, -0.2) is 0 Å². The Bertz CT molecular complexity index is 445. The van der Waals surface area contributed by atoms with Crippen LogP contribution in [0, 0.1) is 12.8 Å². The number of aryl methyl sites for hydroxylation is 1. The molecule has 1 amide bonds. The van der Waals surface area contributed by atoms with Crippen molar-refractivity contribution < 1.29 is 4.79 Å². The van der Waals surface area contributed by atoms with Crippen molar-refractivity contribution in [2.75, 3.05) is 19.6 Å². The first-order valence-electron chi connectivity index (χ1n) is 6.37. The number of benzene rings is 1. The molecule has 0 bridgehead atoms. The average molecular weight is 348 g/mol. The number of carbonyl (C=O) groups is 1. The Kier molecular flexibility index (Phi) is 6.30. The Morgan fingerprint density at radius 2 is 2.05 bits per heavy atom. The molecule has 0 aliphatic carbocycles. The zero-order valence-corrected chi connectivity index (χ0v) is 13.5. The summed E-state index contributed by atoms with van der Waals surface area (Å²) in [5.74, 6) is 0.724. The fourth-order valence-corrected chi connectivity index (χ4v) is 2.73. The first kappa shape index (κ1) is 16.5. The number of likely N-dealkylation sites (tertiary alicyclic amines) is 1. The lowest BCUT2D eigenvalue weighted by Gasteiger charge is -2.31. The number of piperidine rings is 1. The molecular weight excluding hydrogens is 328 g/mol. The second-order valence-corrected chi connectivity index (χ2v) is 5.85. The fourth-order valence-electron chi connectivity index (χ4n) is 2.37. The monoisotopic (exact) mass is 346 g/mol. The van der Waals surface area contributed by atoms with Gasteiger partial charge in [0, 0.05) is 23.1 Å². The van der Waals surface area contributed by atoms with Crippen LogP contribution in [0.25, 0.3) is 0 Å². The van der Waals surface area contributed by atoms with E-state index < -0.39 is 0 Å². The summed E-state index contributed by atoms with van der Waals surface area (Å²) in [7, 11) is 0. The van der Waals surface area contributed by atoms with Crippen LogP contribution in [-0.2, 0) is 0 Å². The molecule has 0 atom stereocenters. The number of nitrogens with two attached hydrogens (primary N) is 1. The Morgan fingerprint density at radius 1 is 1.42 bits per heavy atom. The second-order valence-electron chi connectivity index (χ2n) is 4.93. The maximum absolute atomic E-state index is 12.4. The van der Waals surface area contributed by atoms with Crippen LogP contribution >= 0.6 is 28.3 Å². The van der Waals surface area contributed by atoms with E-state index in [0.717, 1.165) is 48.1 Å². The topological polar surface area (TPSA) is 46.3 Å². The van der Waals surface area contributed by atoms with Crippen LogP contribution in [0.3, 0.4) is 0 Å². The molecule has 1 fully saturated rings. The average Bonchev–Trinajstić information content (AvgIpc) is 2.41. The summed E-state index contributed by atoms with van der Waals surface area (Å²) in [4.78, 5) is 14.4. The van der Waals surface area contributed by atoms with Crippen molar-refractivity contribution >= 4 is 34.2 Å². The summed E-state index contributed by atoms with van der Waals surface area (Å²) in [6.07, 6.45) is 2.05. The summed E-state index contributed by atoms with van der Waals surface area (Å²) in [5, 5.41) is 0. The minimum absolute atomic E-state index is 0. The van der Waals surface area contributed by atoms with Crippen LogP contribution in [0.5, 0.6) is 0 Å². The number of hydrogen-bond donors (Lipinski definition) is 1. The maximum atomic E-state index is 12.4. The van der Waals surface area contributed by atoms with Gasteiger partial charge in [-0.05, 0) is 49.9 Å². The molecule has 1 aliphatic rings. The molecule has 2 N–H and O–H groups in total. The smallest absolute Gasteiger partial charge is 0.254 e. The van der Waals surface area contributed by atoms with E-state index in [4.69, 9.17) is 5.73 Å². The lowest BCUT2D eigenvalue weighted by Crippen LogP contribution is -2.40. The fraction of sp³-hybridized carbons (Fsp3) is 0.500. The summed E-state index contributed by atoms with van der Waals surface area (Å²) in [6.45, 7) is 4.36. The highest BCUT2D eigenvalue weighted by molar-refractivity contribution is 9.10. The molecule has 0 spiro atoms. The molecule has 19 heavy (non-hydrogen) atoms. The van der Waals surface area contributed by atoms with E-state index >= 15 is 0 Å². The van der Waals surface area contributed by atoms with Crippen molar-refractivity contribution in [1.82, 2.24) is 4.90 Å². The standard InChI is InChI=1S/C14H19BrN2O.ClH/c1-10-2-3-12(15)8-13(10)14(18)17-6-4-11(9-16)5-7-17;/h2-3,8,11H,4-7,9,16H2,1H3;1H. The van der Waals surface area contributed by atoms with Gasteiger partial charge >= 0.3 is 0 Å². The molecular formula is C14H20BrClN2O. The third kappa shape index (κ3) is 3.94. The summed E-state index contributed by atoms with van der Waals surface area (Å²) >= 11 is 3.42. The van der Waals surface area contributed by atoms with Gasteiger partial charge in [0.25, 0.3) is 5.91 Å². The van der Waals surface area contributed by atoms with E-state index in [9.17, 15) is 4.79 Å². The highest BCUT2D eigenvalue weighted by atomic mass is 79.9. The highest BCUT2D eigenvalue weighted by Crippen LogP contribution is 2.21. The van der Waals surface area contributed by atoms with E-state index in [1.165, 1.54) is 0 Å². The van der Waals surface area contributed by atoms with Crippen LogP contribution in [0.4, 0.5) is 0 Å². The highest BCUT2D eigenvalue weighted by Gasteiger charge is 2.23. The van der Waals surface area contributed by atoms with Gasteiger partial charge in [-0.2, -0.15) is 0 Å². The zero-order valence-electron chi connectivity index (χ0n) is 11.1. The third-order valence-electron chi connectivity index (χ3n) is 3.67. The van der Waals surface area contributed by atoms with E-state index in [-0.39, 0.29) is 18.3 Å². The molecule has 5 heteroatoms. The molecule has 1 heterocycles. The van der Waals surface area contributed by atoms with Crippen LogP contribution in [0.15, 0.2) is 22.7 Å². The van der Waals surface area contributed by atoms with Crippen LogP contribution in [0.2, 0.25) is 0 Å². The number of nitrogens with zero attached hydrogens (tertiary/aromatic N) is 1. The van der Waals surface area contributed by atoms with Crippen molar-refractivity contribution in [3.05, 3.63) is 33.8 Å². The Morgan fingerprint density at radius 3 is 2.63 bits per heavy atom. The van der Waals surface area contributed by atoms with Crippen LogP contribution in [-0.4, -0.2) is 30.4 Å². The van der Waals surface area contributed by atoms with Gasteiger partial charge in [0.15, 0.2) is 0 Å². The molecule has 1 aromatic carbocycles. The van der Waals surface area contributed by atoms with Crippen molar-refractivity contribution in [2.45, 2.75) is 19.8 Å². The van der Waals surface area contributed by atoms with E-state index in [2.05, 4.69) is 15.9 Å². The molecule has 0 saturated carbocycles. The first-order valence-corrected chi connectivity index (χ1v) is 7.16. The molecule has 106 valence electrons. The Balaban J connectivity index is 0.00000180. The second kappa shape index (κ2) is 7.27. The van der Waals surface area contributed by atoms with Crippen molar-refractivity contribution in [3.8, 4) is 0 Å². The number of hydrogen-bond acceptors (Lipinski definition) is 2. The predicted octanol–water partition coefficient (Wildman–Crippen LogP) is 2.99. The summed E-state index contributed by atoms with van der Waals surface area (Å²) < 4.78 is 0.952. The summed E-state index contributed by atoms with van der Waals surface area (Å²) in [6, 6.07) is 5.85. The maximum Gasteiger partial charge on any atom is 0.254 e. The van der Waals surface area contributed by atoms with E-state index in [0.29, 0.717) is 5.92 Å². The molecule has 1 aliphatic heterocycles. The minimum atomic E-state index is 0. The largest absolute Gasteiger partial charge is 0.339 e. The van der Waals surface area contributed by atoms with Gasteiger partial charge < -0.3 is 10.6 Å². The summed E-state index contributed by atoms with van der Waals surface area (Å²) in [5.41, 5.74) is 7.50. The number of rotatable bonds is 2. The molecule has 1 saturated heterocycles. The zero-order chi connectivity index (χ0) is 13.1. The molecule has 1 aromatic rings. The Labute approximate surface area is 129 Å². The van der Waals surface area contributed by atoms with Gasteiger partial charge in [-0.3, -0.25) is 4.79 Å². The molecule has 0 unspecified atom stereocenters. The number of carbonyl (C=O) groups excluding carboxylic acids is 1. The number of amides is 1. The molecule has 3 nitrogen and oxygen atoms in total. The first-order chi connectivity index (χ1) is 8.61. The Hall–Kier alpha value is -0.580. The van der Waals surface area contributed by atoms with E-state index in [1.54, 1.807) is 0 Å². The van der Waals surface area contributed by atoms with Crippen LogP contribution < -0.4 is 5.73 Å². The molecule has 0 radical (unpaired) electrons. The predicted molar refractivity (Wildman–Crippen MR) is 83.8 cm³/mol. The van der Waals surface area contributed by atoms with Crippen LogP contribution in [0.1, 0.15) is 28.8 Å². The van der Waals surface area contributed by atoms with Crippen molar-refractivity contribution in [1.29, 1.82) is 0 Å². The lowest BCUT2D eigenvalue weighted by molar-refractivity contribution is 0.0692. The van der Waals surface area contributed by atoms with Gasteiger partial charge in [0.2, 0.25) is 0 Å². The lowest BCUT2D eigenvalue weighted by atomic mass is 9.96. The number of halogens is 2. The van der Waals surface area contributed by atoms with Gasteiger partial charge in [0.05, 0.1) is 0 Å². The van der Waals surface area contributed by atoms with E-state index in [1.807, 2.05) is 30.0 Å². The quantitative estimate of drug-likeness (QED) is 0.894. The van der Waals surface area contributed by atoms with Gasteiger partial charge in [0.1, 0.15) is 0 Å². The minimum Gasteiger partial charge on any atom is -0.339 e. The van der Waals surface area contributed by atoms with Crippen molar-refractivity contribution in [3.63, 3.8) is 0 Å². The molecule has 0 aromatic heterocycles. The third-order valence-corrected chi connectivity index (χ3v) is 4.16.